The van der Waals surface area contributed by atoms with E-state index in [0.717, 1.165) is 12.1 Å². The van der Waals surface area contributed by atoms with Crippen LogP contribution in [0.25, 0.3) is 0 Å². The van der Waals surface area contributed by atoms with Gasteiger partial charge >= 0.3 is 35.8 Å². The van der Waals surface area contributed by atoms with Crippen LogP contribution in [0.4, 0.5) is 61.5 Å². The molecule has 0 atom stereocenters. The second-order valence-corrected chi connectivity index (χ2v) is 7.80. The summed E-state index contributed by atoms with van der Waals surface area (Å²) in [7, 11) is 0. The SMILES string of the molecule is FC(F)(F)C(F)(F)C(F)(F)C(F)(F)C(F)(F)C(F)(F)C(F)(c1ccccc1Cl)c1ccccc1Cl. The zero-order chi connectivity index (χ0) is 27.5. The summed E-state index contributed by atoms with van der Waals surface area (Å²) in [6.45, 7) is 0. The number of hydrogen-bond acceptors (Lipinski definition) is 0. The Balaban J connectivity index is 2.93. The first kappa shape index (κ1) is 29.3. The van der Waals surface area contributed by atoms with Gasteiger partial charge in [-0.2, -0.15) is 57.1 Å². The van der Waals surface area contributed by atoms with Crippen molar-refractivity contribution in [2.24, 2.45) is 0 Å². The van der Waals surface area contributed by atoms with Gasteiger partial charge in [0.15, 0.2) is 0 Å². The third-order valence-electron chi connectivity index (χ3n) is 4.86. The first-order chi connectivity index (χ1) is 15.5. The predicted octanol–water partition coefficient (Wildman–Crippen LogP) is 8.95. The van der Waals surface area contributed by atoms with Gasteiger partial charge in [0, 0.05) is 21.2 Å². The van der Waals surface area contributed by atoms with Crippen LogP contribution in [0.1, 0.15) is 11.1 Å². The summed E-state index contributed by atoms with van der Waals surface area (Å²) in [5.74, 6) is -39.4. The molecule has 35 heavy (non-hydrogen) atoms. The van der Waals surface area contributed by atoms with Gasteiger partial charge in [0.05, 0.1) is 0 Å². The van der Waals surface area contributed by atoms with Gasteiger partial charge in [-0.3, -0.25) is 0 Å². The fourth-order valence-electron chi connectivity index (χ4n) is 2.95. The van der Waals surface area contributed by atoms with E-state index in [0.29, 0.717) is 24.3 Å². The molecule has 0 saturated heterocycles. The second kappa shape index (κ2) is 8.56. The van der Waals surface area contributed by atoms with Crippen molar-refractivity contribution in [3.05, 3.63) is 69.7 Å². The van der Waals surface area contributed by atoms with Crippen molar-refractivity contribution in [2.45, 2.75) is 41.5 Å². The third-order valence-corrected chi connectivity index (χ3v) is 5.52. The predicted molar refractivity (Wildman–Crippen MR) is 95.6 cm³/mol. The zero-order valence-electron chi connectivity index (χ0n) is 16.2. The smallest absolute Gasteiger partial charge is 0.226 e. The van der Waals surface area contributed by atoms with Gasteiger partial charge < -0.3 is 0 Å². The first-order valence-electron chi connectivity index (χ1n) is 8.68. The second-order valence-electron chi connectivity index (χ2n) is 6.99. The van der Waals surface area contributed by atoms with Crippen LogP contribution in [-0.4, -0.2) is 35.8 Å². The van der Waals surface area contributed by atoms with Crippen LogP contribution in [0.2, 0.25) is 10.0 Å². The quantitative estimate of drug-likeness (QED) is 0.290. The number of hydrogen-bond donors (Lipinski definition) is 0. The molecule has 0 aliphatic heterocycles. The molecule has 0 aliphatic rings. The minimum Gasteiger partial charge on any atom is -0.226 e. The summed E-state index contributed by atoms with van der Waals surface area (Å²) in [6.07, 6.45) is -7.59. The highest BCUT2D eigenvalue weighted by Crippen LogP contribution is 2.65. The molecule has 0 bridgehead atoms. The van der Waals surface area contributed by atoms with Crippen molar-refractivity contribution in [1.82, 2.24) is 0 Å². The van der Waals surface area contributed by atoms with Crippen LogP contribution >= 0.6 is 23.2 Å². The Bertz CT molecular complexity index is 1030. The molecule has 0 amide bonds. The lowest BCUT2D eigenvalue weighted by Crippen LogP contribution is -2.72. The highest BCUT2D eigenvalue weighted by atomic mass is 35.5. The molecule has 0 fully saturated rings. The van der Waals surface area contributed by atoms with Gasteiger partial charge in [-0.1, -0.05) is 59.6 Å². The van der Waals surface area contributed by atoms with E-state index in [2.05, 4.69) is 0 Å². The number of benzene rings is 2. The van der Waals surface area contributed by atoms with Crippen molar-refractivity contribution >= 4 is 23.2 Å². The Labute approximate surface area is 196 Å². The molecule has 196 valence electrons. The Morgan fingerprint density at radius 3 is 1.00 bits per heavy atom. The summed E-state index contributed by atoms with van der Waals surface area (Å²) >= 11 is 11.1. The summed E-state index contributed by atoms with van der Waals surface area (Å²) in [5, 5.41) is -2.33. The Morgan fingerprint density at radius 2 is 0.686 bits per heavy atom. The summed E-state index contributed by atoms with van der Waals surface area (Å²) in [5.41, 5.74) is -8.89. The summed E-state index contributed by atoms with van der Waals surface area (Å²) in [6, 6.07) is 4.81. The minimum atomic E-state index is -8.19. The van der Waals surface area contributed by atoms with E-state index in [1.807, 2.05) is 0 Å². The van der Waals surface area contributed by atoms with Crippen molar-refractivity contribution in [1.29, 1.82) is 0 Å². The lowest BCUT2D eigenvalue weighted by atomic mass is 9.77. The van der Waals surface area contributed by atoms with E-state index >= 15 is 13.2 Å². The summed E-state index contributed by atoms with van der Waals surface area (Å²) in [4.78, 5) is 0. The van der Waals surface area contributed by atoms with E-state index in [-0.39, 0.29) is 12.1 Å². The molecule has 16 heteroatoms. The van der Waals surface area contributed by atoms with E-state index < -0.39 is 62.6 Å². The molecule has 2 aromatic carbocycles. The van der Waals surface area contributed by atoms with E-state index in [4.69, 9.17) is 23.2 Å². The van der Waals surface area contributed by atoms with E-state index in [1.54, 1.807) is 0 Å². The Hall–Kier alpha value is -1.96. The molecule has 0 saturated carbocycles. The first-order valence-corrected chi connectivity index (χ1v) is 9.43. The standard InChI is InChI=1S/C19H8Cl2F14/c20-11-7-3-1-5-9(11)13(22,10-6-2-4-8-12(10)21)14(23,24)15(25,26)16(27,28)17(29,30)18(31,32)19(33,34)35/h1-8H. The van der Waals surface area contributed by atoms with Crippen molar-refractivity contribution < 1.29 is 61.5 Å². The monoisotopic (exact) mass is 572 g/mol. The zero-order valence-corrected chi connectivity index (χ0v) is 17.7. The largest absolute Gasteiger partial charge is 0.460 e. The highest BCUT2D eigenvalue weighted by Gasteiger charge is 2.93. The van der Waals surface area contributed by atoms with Crippen LogP contribution in [0, 0.1) is 0 Å². The van der Waals surface area contributed by atoms with E-state index in [1.165, 1.54) is 0 Å². The molecule has 0 nitrogen and oxygen atoms in total. The summed E-state index contributed by atoms with van der Waals surface area (Å²) < 4.78 is 194. The maximum Gasteiger partial charge on any atom is 0.460 e. The van der Waals surface area contributed by atoms with Crippen molar-refractivity contribution in [3.63, 3.8) is 0 Å². The molecule has 0 unspecified atom stereocenters. The molecule has 0 N–H and O–H groups in total. The minimum absolute atomic E-state index is 0.232. The van der Waals surface area contributed by atoms with Crippen LogP contribution in [0.15, 0.2) is 48.5 Å². The lowest BCUT2D eigenvalue weighted by molar-refractivity contribution is -0.446. The van der Waals surface area contributed by atoms with Crippen LogP contribution in [0.5, 0.6) is 0 Å². The van der Waals surface area contributed by atoms with Gasteiger partial charge in [0.2, 0.25) is 5.67 Å². The maximum atomic E-state index is 16.1. The number of alkyl halides is 14. The van der Waals surface area contributed by atoms with Gasteiger partial charge in [0.1, 0.15) is 0 Å². The molecule has 2 rings (SSSR count). The molecule has 0 aromatic heterocycles. The Morgan fingerprint density at radius 1 is 0.400 bits per heavy atom. The van der Waals surface area contributed by atoms with Crippen LogP contribution < -0.4 is 0 Å². The lowest BCUT2D eigenvalue weighted by Gasteiger charge is -2.44. The molecule has 0 radical (unpaired) electrons. The van der Waals surface area contributed by atoms with Gasteiger partial charge in [0.25, 0.3) is 0 Å². The average molecular weight is 573 g/mol. The van der Waals surface area contributed by atoms with E-state index in [9.17, 15) is 48.3 Å². The third kappa shape index (κ3) is 3.91. The van der Waals surface area contributed by atoms with Crippen molar-refractivity contribution in [2.75, 3.05) is 0 Å². The molecule has 0 heterocycles. The maximum absolute atomic E-state index is 16.1. The number of halogens is 16. The van der Waals surface area contributed by atoms with Gasteiger partial charge in [-0.15, -0.1) is 0 Å². The highest BCUT2D eigenvalue weighted by molar-refractivity contribution is 6.32. The molecular weight excluding hydrogens is 565 g/mol. The molecule has 2 aromatic rings. The van der Waals surface area contributed by atoms with Crippen LogP contribution in [-0.2, 0) is 5.67 Å². The van der Waals surface area contributed by atoms with Crippen molar-refractivity contribution in [3.8, 4) is 0 Å². The number of rotatable bonds is 7. The molecule has 0 aliphatic carbocycles. The molecule has 0 spiro atoms. The molecular formula is C19H8Cl2F14. The van der Waals surface area contributed by atoms with Gasteiger partial charge in [-0.25, -0.2) is 4.39 Å². The topological polar surface area (TPSA) is 0 Å². The fourth-order valence-corrected chi connectivity index (χ4v) is 3.48. The van der Waals surface area contributed by atoms with Crippen LogP contribution in [0.3, 0.4) is 0 Å². The van der Waals surface area contributed by atoms with Gasteiger partial charge in [-0.05, 0) is 12.1 Å². The Kier molecular flexibility index (Phi) is 7.16. The normalized spacial score (nSPS) is 14.9. The fraction of sp³-hybridized carbons (Fsp3) is 0.368. The average Bonchev–Trinajstić information content (AvgIpc) is 2.72.